The highest BCUT2D eigenvalue weighted by Crippen LogP contribution is 2.32. The Morgan fingerprint density at radius 2 is 1.92 bits per heavy atom. The van der Waals surface area contributed by atoms with Crippen LogP contribution in [0.5, 0.6) is 0 Å². The Morgan fingerprint density at radius 1 is 1.31 bits per heavy atom. The van der Waals surface area contributed by atoms with Gasteiger partial charge in [-0.1, -0.05) is 11.6 Å². The topological polar surface area (TPSA) is 86.3 Å². The van der Waals surface area contributed by atoms with Crippen LogP contribution in [-0.2, 0) is 0 Å². The average molecular weight is 201 g/mol. The first-order chi connectivity index (χ1) is 6.04. The molecule has 1 aromatic carbocycles. The van der Waals surface area contributed by atoms with Crippen LogP contribution in [0.1, 0.15) is 0 Å². The fraction of sp³-hybridized carbons (Fsp3) is 0. The molecule has 0 spiro atoms. The van der Waals surface area contributed by atoms with Crippen LogP contribution in [0.4, 0.5) is 11.4 Å². The van der Waals surface area contributed by atoms with Crippen molar-refractivity contribution in [2.24, 2.45) is 0 Å². The number of nitro benzene ring substituents is 2. The minimum Gasteiger partial charge on any atom is -0.258 e. The summed E-state index contributed by atoms with van der Waals surface area (Å²) in [5.74, 6) is 0. The van der Waals surface area contributed by atoms with Crippen molar-refractivity contribution in [1.29, 1.82) is 0 Å². The van der Waals surface area contributed by atoms with Gasteiger partial charge in [0.05, 0.1) is 15.9 Å². The van der Waals surface area contributed by atoms with Gasteiger partial charge in [0.1, 0.15) is 5.02 Å². The summed E-state index contributed by atoms with van der Waals surface area (Å²) in [6.07, 6.45) is 0. The molecule has 0 heterocycles. The summed E-state index contributed by atoms with van der Waals surface area (Å²) in [6.45, 7) is 0. The Hall–Kier alpha value is -1.69. The smallest absolute Gasteiger partial charge is 0.258 e. The van der Waals surface area contributed by atoms with Crippen molar-refractivity contribution in [1.82, 2.24) is 0 Å². The molecule has 2 radical (unpaired) electrons. The number of halogens is 1. The number of nitrogens with zero attached hydrogens (tertiary/aromatic N) is 2. The normalized spacial score (nSPS) is 9.62. The van der Waals surface area contributed by atoms with Crippen molar-refractivity contribution >= 4 is 23.0 Å². The van der Waals surface area contributed by atoms with Crippen molar-refractivity contribution in [3.05, 3.63) is 43.5 Å². The lowest BCUT2D eigenvalue weighted by Gasteiger charge is -1.94. The molecule has 13 heavy (non-hydrogen) atoms. The fourth-order valence-electron chi connectivity index (χ4n) is 0.714. The van der Waals surface area contributed by atoms with Gasteiger partial charge in [-0.05, 0) is 12.1 Å². The lowest BCUT2D eigenvalue weighted by Crippen LogP contribution is -1.97. The van der Waals surface area contributed by atoms with Crippen molar-refractivity contribution < 1.29 is 9.85 Å². The highest BCUT2D eigenvalue weighted by atomic mass is 35.5. The summed E-state index contributed by atoms with van der Waals surface area (Å²) in [7, 11) is 0. The number of hydrogen-bond acceptors (Lipinski definition) is 4. The van der Waals surface area contributed by atoms with E-state index in [2.05, 4.69) is 6.07 Å². The Kier molecular flexibility index (Phi) is 2.43. The van der Waals surface area contributed by atoms with E-state index in [0.29, 0.717) is 0 Å². The molecule has 0 aliphatic carbocycles. The van der Waals surface area contributed by atoms with Crippen LogP contribution in [-0.4, -0.2) is 9.85 Å². The van der Waals surface area contributed by atoms with E-state index in [1.807, 2.05) is 6.07 Å². The van der Waals surface area contributed by atoms with Gasteiger partial charge in [0.2, 0.25) is 0 Å². The Bertz CT molecular complexity index is 379. The zero-order chi connectivity index (χ0) is 10.0. The first kappa shape index (κ1) is 9.40. The van der Waals surface area contributed by atoms with Crippen molar-refractivity contribution in [2.75, 3.05) is 0 Å². The third-order valence-electron chi connectivity index (χ3n) is 1.21. The molecule has 0 atom stereocenters. The summed E-state index contributed by atoms with van der Waals surface area (Å²) >= 11 is 5.37. The average Bonchev–Trinajstić information content (AvgIpc) is 2.02. The summed E-state index contributed by atoms with van der Waals surface area (Å²) in [5, 5.41) is 20.3. The summed E-state index contributed by atoms with van der Waals surface area (Å²) < 4.78 is 0. The molecule has 0 aromatic heterocycles. The van der Waals surface area contributed by atoms with E-state index in [4.69, 9.17) is 11.6 Å². The Morgan fingerprint density at radius 3 is 2.31 bits per heavy atom. The number of hydrogen-bond donors (Lipinski definition) is 0. The molecule has 0 saturated carbocycles. The quantitative estimate of drug-likeness (QED) is 0.538. The molecule has 0 aliphatic heterocycles. The molecule has 0 aliphatic rings. The molecule has 0 unspecified atom stereocenters. The summed E-state index contributed by atoms with van der Waals surface area (Å²) in [5.41, 5.74) is -1.54. The highest BCUT2D eigenvalue weighted by molar-refractivity contribution is 6.33. The summed E-state index contributed by atoms with van der Waals surface area (Å²) in [6, 6.07) is 5.26. The molecule has 0 N–H and O–H groups in total. The molecule has 1 aromatic rings. The van der Waals surface area contributed by atoms with Crippen molar-refractivity contribution in [2.45, 2.75) is 0 Å². The van der Waals surface area contributed by atoms with Crippen molar-refractivity contribution in [3.63, 3.8) is 0 Å². The fourth-order valence-corrected chi connectivity index (χ4v) is 0.927. The minimum absolute atomic E-state index is 0.324. The first-order valence-corrected chi connectivity index (χ1v) is 3.32. The predicted octanol–water partition coefficient (Wildman–Crippen LogP) is 1.76. The van der Waals surface area contributed by atoms with Gasteiger partial charge in [0.15, 0.2) is 0 Å². The molecule has 0 fully saturated rings. The second-order valence-electron chi connectivity index (χ2n) is 1.97. The second kappa shape index (κ2) is 3.36. The largest absolute Gasteiger partial charge is 0.365 e. The lowest BCUT2D eigenvalue weighted by atomic mass is 10.3. The van der Waals surface area contributed by atoms with Gasteiger partial charge in [-0.15, -0.1) is 0 Å². The van der Waals surface area contributed by atoms with E-state index >= 15 is 0 Å². The maximum atomic E-state index is 10.3. The third kappa shape index (κ3) is 1.73. The Balaban J connectivity index is 3.43. The minimum atomic E-state index is -0.930. The molecule has 0 amide bonds. The monoisotopic (exact) mass is 200 g/mol. The maximum Gasteiger partial charge on any atom is 0.365 e. The molecule has 0 bridgehead atoms. The number of nitro groups is 2. The van der Waals surface area contributed by atoms with E-state index in [0.717, 1.165) is 6.07 Å². The van der Waals surface area contributed by atoms with Gasteiger partial charge in [0.25, 0.3) is 0 Å². The van der Waals surface area contributed by atoms with Gasteiger partial charge in [-0.2, -0.15) is 0 Å². The first-order valence-electron chi connectivity index (χ1n) is 2.94. The maximum absolute atomic E-state index is 10.3. The van der Waals surface area contributed by atoms with E-state index < -0.39 is 21.2 Å². The van der Waals surface area contributed by atoms with Crippen LogP contribution in [0.15, 0.2) is 6.07 Å². The molecule has 66 valence electrons. The van der Waals surface area contributed by atoms with Gasteiger partial charge in [-0.3, -0.25) is 20.2 Å². The summed E-state index contributed by atoms with van der Waals surface area (Å²) in [4.78, 5) is 18.7. The highest BCUT2D eigenvalue weighted by Gasteiger charge is 2.27. The third-order valence-corrected chi connectivity index (χ3v) is 1.49. The van der Waals surface area contributed by atoms with Gasteiger partial charge >= 0.3 is 11.4 Å². The van der Waals surface area contributed by atoms with E-state index in [1.165, 1.54) is 0 Å². The number of benzene rings is 1. The zero-order valence-corrected chi connectivity index (χ0v) is 6.74. The molecule has 7 heteroatoms. The zero-order valence-electron chi connectivity index (χ0n) is 5.98. The molecular weight excluding hydrogens is 200 g/mol. The van der Waals surface area contributed by atoms with Crippen LogP contribution in [0.3, 0.4) is 0 Å². The predicted molar refractivity (Wildman–Crippen MR) is 42.4 cm³/mol. The molecule has 6 nitrogen and oxygen atoms in total. The van der Waals surface area contributed by atoms with E-state index in [9.17, 15) is 20.2 Å². The van der Waals surface area contributed by atoms with Crippen LogP contribution < -0.4 is 0 Å². The SMILES string of the molecule is O=[N+]([O-])c1[c][c]cc(Cl)c1[N+](=O)[O-]. The van der Waals surface area contributed by atoms with Crippen LogP contribution >= 0.6 is 11.6 Å². The van der Waals surface area contributed by atoms with Gasteiger partial charge < -0.3 is 0 Å². The molecule has 1 rings (SSSR count). The second-order valence-corrected chi connectivity index (χ2v) is 2.38. The molecular formula is C6HClN2O4. The standard InChI is InChI=1S/C6HClN2O4/c7-4-2-1-3-5(8(10)11)6(4)9(12)13/h2H. The Labute approximate surface area is 77.0 Å². The van der Waals surface area contributed by atoms with Crippen LogP contribution in [0, 0.1) is 32.4 Å². The lowest BCUT2D eigenvalue weighted by molar-refractivity contribution is -0.422. The van der Waals surface area contributed by atoms with Crippen molar-refractivity contribution in [3.8, 4) is 0 Å². The van der Waals surface area contributed by atoms with Crippen LogP contribution in [0.25, 0.3) is 0 Å². The number of rotatable bonds is 2. The van der Waals surface area contributed by atoms with Crippen LogP contribution in [0.2, 0.25) is 5.02 Å². The molecule has 0 saturated heterocycles. The van der Waals surface area contributed by atoms with Gasteiger partial charge in [-0.25, -0.2) is 0 Å². The van der Waals surface area contributed by atoms with Gasteiger partial charge in [0, 0.05) is 0 Å². The van der Waals surface area contributed by atoms with E-state index in [1.54, 1.807) is 0 Å². The van der Waals surface area contributed by atoms with E-state index in [-0.39, 0.29) is 5.02 Å².